The van der Waals surface area contributed by atoms with Gasteiger partial charge in [0.25, 0.3) is 11.8 Å². The van der Waals surface area contributed by atoms with Crippen molar-refractivity contribution in [2.24, 2.45) is 0 Å². The van der Waals surface area contributed by atoms with Crippen LogP contribution in [0.2, 0.25) is 0 Å². The molecule has 0 spiro atoms. The van der Waals surface area contributed by atoms with E-state index >= 15 is 0 Å². The van der Waals surface area contributed by atoms with Crippen molar-refractivity contribution >= 4 is 11.8 Å². The third kappa shape index (κ3) is 4.49. The lowest BCUT2D eigenvalue weighted by Gasteiger charge is -2.48. The summed E-state index contributed by atoms with van der Waals surface area (Å²) < 4.78 is 5.94. The van der Waals surface area contributed by atoms with Gasteiger partial charge in [0.15, 0.2) is 0 Å². The van der Waals surface area contributed by atoms with Crippen LogP contribution in [0.15, 0.2) is 54.6 Å². The number of nitrogens with one attached hydrogen (secondary N) is 1. The first-order valence-corrected chi connectivity index (χ1v) is 11.5. The molecule has 3 aliphatic heterocycles. The summed E-state index contributed by atoms with van der Waals surface area (Å²) in [5, 5.41) is 3.29. The molecule has 5 rings (SSSR count). The van der Waals surface area contributed by atoms with E-state index in [9.17, 15) is 9.59 Å². The highest BCUT2D eigenvalue weighted by molar-refractivity contribution is 5.95. The highest BCUT2D eigenvalue weighted by Gasteiger charge is 2.37. The molecule has 7 nitrogen and oxygen atoms in total. The quantitative estimate of drug-likeness (QED) is 0.776. The summed E-state index contributed by atoms with van der Waals surface area (Å²) in [5.74, 6) is 1.00. The van der Waals surface area contributed by atoms with Gasteiger partial charge in [-0.3, -0.25) is 14.5 Å². The van der Waals surface area contributed by atoms with Crippen molar-refractivity contribution in [3.63, 3.8) is 0 Å². The van der Waals surface area contributed by atoms with Crippen molar-refractivity contribution in [3.05, 3.63) is 65.7 Å². The topological polar surface area (TPSA) is 65.1 Å². The van der Waals surface area contributed by atoms with Crippen LogP contribution in [-0.2, 0) is 0 Å². The summed E-state index contributed by atoms with van der Waals surface area (Å²) in [6, 6.07) is 17.4. The second-order valence-electron chi connectivity index (χ2n) is 8.82. The lowest BCUT2D eigenvalue weighted by Crippen LogP contribution is -2.64. The Balaban J connectivity index is 1.08. The van der Waals surface area contributed by atoms with Gasteiger partial charge in [0, 0.05) is 63.0 Å². The fourth-order valence-corrected chi connectivity index (χ4v) is 4.69. The number of amides is 2. The number of benzene rings is 2. The molecule has 2 amide bonds. The third-order valence-electron chi connectivity index (χ3n) is 6.71. The Hall–Kier alpha value is -2.90. The maximum absolute atomic E-state index is 12.8. The van der Waals surface area contributed by atoms with Gasteiger partial charge in [-0.25, -0.2) is 0 Å². The molecule has 0 aliphatic carbocycles. The standard InChI is InChI=1S/C25H30N4O3/c30-24(19-4-2-1-3-5-19)28-14-12-27(13-15-28)21-17-29(18-21)25(31)20-6-8-22(9-7-20)32-23-10-11-26-16-23/h1-9,21,23,26H,10-18H2/t23-/m1/s1. The number of carbonyl (C=O) groups excluding carboxylic acids is 2. The molecule has 3 fully saturated rings. The Bertz CT molecular complexity index is 929. The maximum atomic E-state index is 12.8. The van der Waals surface area contributed by atoms with Gasteiger partial charge in [0.1, 0.15) is 11.9 Å². The molecule has 0 bridgehead atoms. The molecular weight excluding hydrogens is 404 g/mol. The SMILES string of the molecule is O=C(c1ccccc1)N1CCN(C2CN(C(=O)c3ccc(O[C@@H]4CCNC4)cc3)C2)CC1. The molecule has 3 heterocycles. The van der Waals surface area contributed by atoms with Crippen LogP contribution in [0.25, 0.3) is 0 Å². The molecule has 32 heavy (non-hydrogen) atoms. The van der Waals surface area contributed by atoms with Crippen molar-refractivity contribution in [1.29, 1.82) is 0 Å². The zero-order valence-corrected chi connectivity index (χ0v) is 18.3. The molecule has 2 aromatic carbocycles. The first kappa shape index (κ1) is 21.0. The van der Waals surface area contributed by atoms with Crippen LogP contribution in [0.4, 0.5) is 0 Å². The molecule has 1 N–H and O–H groups in total. The number of hydrogen-bond acceptors (Lipinski definition) is 5. The molecule has 7 heteroatoms. The average Bonchev–Trinajstić information content (AvgIpc) is 3.32. The number of rotatable bonds is 5. The molecule has 3 saturated heterocycles. The Labute approximate surface area is 188 Å². The molecule has 0 unspecified atom stereocenters. The van der Waals surface area contributed by atoms with Gasteiger partial charge in [-0.2, -0.15) is 0 Å². The van der Waals surface area contributed by atoms with Gasteiger partial charge in [0.05, 0.1) is 0 Å². The smallest absolute Gasteiger partial charge is 0.253 e. The van der Waals surface area contributed by atoms with Crippen LogP contribution in [0.1, 0.15) is 27.1 Å². The lowest BCUT2D eigenvalue weighted by molar-refractivity contribution is 0.00853. The monoisotopic (exact) mass is 434 g/mol. The number of likely N-dealkylation sites (tertiary alicyclic amines) is 1. The molecular formula is C25H30N4O3. The van der Waals surface area contributed by atoms with E-state index in [2.05, 4.69) is 10.2 Å². The van der Waals surface area contributed by atoms with Crippen LogP contribution in [0, 0.1) is 0 Å². The van der Waals surface area contributed by atoms with E-state index in [-0.39, 0.29) is 17.9 Å². The molecule has 1 atom stereocenters. The molecule has 168 valence electrons. The van der Waals surface area contributed by atoms with Crippen LogP contribution in [-0.4, -0.2) is 91.0 Å². The largest absolute Gasteiger partial charge is 0.489 e. The van der Waals surface area contributed by atoms with E-state index in [0.717, 1.165) is 70.1 Å². The number of ether oxygens (including phenoxy) is 1. The van der Waals surface area contributed by atoms with E-state index in [1.165, 1.54) is 0 Å². The van der Waals surface area contributed by atoms with Gasteiger partial charge in [0.2, 0.25) is 0 Å². The predicted octanol–water partition coefficient (Wildman–Crippen LogP) is 1.71. The van der Waals surface area contributed by atoms with Crippen molar-refractivity contribution in [2.75, 3.05) is 52.4 Å². The summed E-state index contributed by atoms with van der Waals surface area (Å²) in [4.78, 5) is 31.7. The summed E-state index contributed by atoms with van der Waals surface area (Å²) in [5.41, 5.74) is 1.45. The minimum atomic E-state index is 0.0771. The summed E-state index contributed by atoms with van der Waals surface area (Å²) in [6.07, 6.45) is 1.24. The van der Waals surface area contributed by atoms with Crippen molar-refractivity contribution < 1.29 is 14.3 Å². The Morgan fingerprint density at radius 2 is 1.47 bits per heavy atom. The summed E-state index contributed by atoms with van der Waals surface area (Å²) in [6.45, 7) is 6.54. The zero-order valence-electron chi connectivity index (χ0n) is 18.3. The fraction of sp³-hybridized carbons (Fsp3) is 0.440. The van der Waals surface area contributed by atoms with E-state index < -0.39 is 0 Å². The van der Waals surface area contributed by atoms with Gasteiger partial charge in [-0.15, -0.1) is 0 Å². The summed E-state index contributed by atoms with van der Waals surface area (Å²) >= 11 is 0. The minimum absolute atomic E-state index is 0.0771. The maximum Gasteiger partial charge on any atom is 0.253 e. The highest BCUT2D eigenvalue weighted by Crippen LogP contribution is 2.22. The molecule has 3 aliphatic rings. The highest BCUT2D eigenvalue weighted by atomic mass is 16.5. The van der Waals surface area contributed by atoms with Crippen molar-refractivity contribution in [3.8, 4) is 5.75 Å². The van der Waals surface area contributed by atoms with E-state index in [4.69, 9.17) is 4.74 Å². The van der Waals surface area contributed by atoms with E-state index in [0.29, 0.717) is 11.6 Å². The van der Waals surface area contributed by atoms with Crippen LogP contribution >= 0.6 is 0 Å². The second kappa shape index (κ2) is 9.30. The summed E-state index contributed by atoms with van der Waals surface area (Å²) in [7, 11) is 0. The van der Waals surface area contributed by atoms with Crippen LogP contribution in [0.3, 0.4) is 0 Å². The normalized spacial score (nSPS) is 21.9. The average molecular weight is 435 g/mol. The van der Waals surface area contributed by atoms with Crippen LogP contribution in [0.5, 0.6) is 5.75 Å². The van der Waals surface area contributed by atoms with Gasteiger partial charge < -0.3 is 19.9 Å². The van der Waals surface area contributed by atoms with Crippen LogP contribution < -0.4 is 10.1 Å². The molecule has 0 aromatic heterocycles. The fourth-order valence-electron chi connectivity index (χ4n) is 4.69. The lowest BCUT2D eigenvalue weighted by atomic mass is 10.0. The first-order valence-electron chi connectivity index (χ1n) is 11.5. The number of piperazine rings is 1. The molecule has 0 radical (unpaired) electrons. The molecule has 2 aromatic rings. The first-order chi connectivity index (χ1) is 15.7. The van der Waals surface area contributed by atoms with Gasteiger partial charge in [-0.1, -0.05) is 18.2 Å². The van der Waals surface area contributed by atoms with E-state index in [1.807, 2.05) is 64.4 Å². The Morgan fingerprint density at radius 1 is 0.812 bits per heavy atom. The van der Waals surface area contributed by atoms with Crippen molar-refractivity contribution in [1.82, 2.24) is 20.0 Å². The number of nitrogens with zero attached hydrogens (tertiary/aromatic N) is 3. The predicted molar refractivity (Wildman–Crippen MR) is 122 cm³/mol. The number of hydrogen-bond donors (Lipinski definition) is 1. The third-order valence-corrected chi connectivity index (χ3v) is 6.71. The second-order valence-corrected chi connectivity index (χ2v) is 8.82. The Kier molecular flexibility index (Phi) is 6.10. The minimum Gasteiger partial charge on any atom is -0.489 e. The van der Waals surface area contributed by atoms with Crippen molar-refractivity contribution in [2.45, 2.75) is 18.6 Å². The van der Waals surface area contributed by atoms with Gasteiger partial charge >= 0.3 is 0 Å². The molecule has 0 saturated carbocycles. The Morgan fingerprint density at radius 3 is 2.12 bits per heavy atom. The number of carbonyl (C=O) groups is 2. The van der Waals surface area contributed by atoms with E-state index in [1.54, 1.807) is 0 Å². The zero-order chi connectivity index (χ0) is 21.9. The van der Waals surface area contributed by atoms with Gasteiger partial charge in [-0.05, 0) is 49.4 Å².